The van der Waals surface area contributed by atoms with Crippen LogP contribution in [-0.4, -0.2) is 25.0 Å². The highest BCUT2D eigenvalue weighted by molar-refractivity contribution is 7.22. The van der Waals surface area contributed by atoms with Gasteiger partial charge in [-0.05, 0) is 19.1 Å². The van der Waals surface area contributed by atoms with E-state index < -0.39 is 0 Å². The quantitative estimate of drug-likeness (QED) is 0.467. The Kier molecular flexibility index (Phi) is 4.88. The third-order valence-electron chi connectivity index (χ3n) is 3.92. The normalized spacial score (nSPS) is 10.8. The van der Waals surface area contributed by atoms with E-state index in [0.717, 1.165) is 15.9 Å². The first kappa shape index (κ1) is 18.3. The summed E-state index contributed by atoms with van der Waals surface area (Å²) >= 11 is 7.74. The number of aromatic nitrogens is 4. The minimum atomic E-state index is -0.245. The SMILES string of the molecule is [C-]#[N+]c1cccc(Cl)c1-c1nc2ccnc(Nc3cc(C)nc(CO)n3)c2s1. The van der Waals surface area contributed by atoms with Gasteiger partial charge in [-0.3, -0.25) is 0 Å². The van der Waals surface area contributed by atoms with Crippen molar-refractivity contribution in [3.63, 3.8) is 0 Å². The van der Waals surface area contributed by atoms with E-state index in [2.05, 4.69) is 30.1 Å². The van der Waals surface area contributed by atoms with E-state index in [1.165, 1.54) is 11.3 Å². The number of anilines is 2. The Hall–Kier alpha value is -3.12. The Balaban J connectivity index is 1.81. The van der Waals surface area contributed by atoms with Crippen molar-refractivity contribution in [1.82, 2.24) is 19.9 Å². The molecule has 0 bridgehead atoms. The van der Waals surface area contributed by atoms with E-state index in [9.17, 15) is 5.11 Å². The van der Waals surface area contributed by atoms with E-state index in [1.54, 1.807) is 36.5 Å². The van der Waals surface area contributed by atoms with Crippen LogP contribution in [0.1, 0.15) is 11.5 Å². The molecule has 1 aromatic carbocycles. The number of aliphatic hydroxyl groups is 1. The van der Waals surface area contributed by atoms with Crippen LogP contribution in [0.4, 0.5) is 17.3 Å². The van der Waals surface area contributed by atoms with E-state index in [0.29, 0.717) is 38.7 Å². The molecule has 0 amide bonds. The molecule has 0 radical (unpaired) electrons. The minimum Gasteiger partial charge on any atom is -0.388 e. The lowest BCUT2D eigenvalue weighted by Crippen LogP contribution is -2.02. The van der Waals surface area contributed by atoms with Crippen LogP contribution in [0, 0.1) is 13.5 Å². The number of rotatable bonds is 4. The molecule has 0 saturated carbocycles. The largest absolute Gasteiger partial charge is 0.388 e. The number of aliphatic hydroxyl groups excluding tert-OH is 1. The summed E-state index contributed by atoms with van der Waals surface area (Å²) in [6, 6.07) is 8.79. The first-order chi connectivity index (χ1) is 13.6. The number of fused-ring (bicyclic) bond motifs is 1. The summed E-state index contributed by atoms with van der Waals surface area (Å²) in [5, 5.41) is 13.6. The average molecular weight is 409 g/mol. The topological polar surface area (TPSA) is 88.2 Å². The summed E-state index contributed by atoms with van der Waals surface area (Å²) in [6.07, 6.45) is 1.65. The van der Waals surface area contributed by atoms with Gasteiger partial charge in [0.2, 0.25) is 0 Å². The lowest BCUT2D eigenvalue weighted by Gasteiger charge is -2.07. The van der Waals surface area contributed by atoms with E-state index in [-0.39, 0.29) is 6.61 Å². The maximum Gasteiger partial charge on any atom is 0.198 e. The number of benzene rings is 1. The first-order valence-electron chi connectivity index (χ1n) is 8.23. The highest BCUT2D eigenvalue weighted by atomic mass is 35.5. The highest BCUT2D eigenvalue weighted by Gasteiger charge is 2.16. The van der Waals surface area contributed by atoms with Crippen LogP contribution < -0.4 is 5.32 Å². The second kappa shape index (κ2) is 7.48. The van der Waals surface area contributed by atoms with Crippen LogP contribution in [0.2, 0.25) is 5.02 Å². The predicted molar refractivity (Wildman–Crippen MR) is 110 cm³/mol. The number of nitrogens with one attached hydrogen (secondary N) is 1. The zero-order valence-corrected chi connectivity index (χ0v) is 16.2. The van der Waals surface area contributed by atoms with Crippen molar-refractivity contribution in [1.29, 1.82) is 0 Å². The van der Waals surface area contributed by atoms with Crippen LogP contribution in [0.3, 0.4) is 0 Å². The third-order valence-corrected chi connectivity index (χ3v) is 5.33. The number of hydrogen-bond donors (Lipinski definition) is 2. The monoisotopic (exact) mass is 408 g/mol. The lowest BCUT2D eigenvalue weighted by molar-refractivity contribution is 0.271. The fourth-order valence-electron chi connectivity index (χ4n) is 2.76. The van der Waals surface area contributed by atoms with Gasteiger partial charge < -0.3 is 10.4 Å². The molecule has 0 aliphatic heterocycles. The Morgan fingerprint density at radius 1 is 1.25 bits per heavy atom. The molecule has 0 aliphatic rings. The van der Waals surface area contributed by atoms with Crippen molar-refractivity contribution in [2.45, 2.75) is 13.5 Å². The number of nitrogens with zero attached hydrogens (tertiary/aromatic N) is 5. The van der Waals surface area contributed by atoms with Crippen LogP contribution in [0.15, 0.2) is 36.5 Å². The molecule has 0 aliphatic carbocycles. The fourth-order valence-corrected chi connectivity index (χ4v) is 4.14. The second-order valence-electron chi connectivity index (χ2n) is 5.87. The minimum absolute atomic E-state index is 0.245. The van der Waals surface area contributed by atoms with E-state index in [1.807, 2.05) is 6.92 Å². The fraction of sp³-hybridized carbons (Fsp3) is 0.105. The van der Waals surface area contributed by atoms with Crippen molar-refractivity contribution in [2.75, 3.05) is 5.32 Å². The molecule has 0 unspecified atom stereocenters. The van der Waals surface area contributed by atoms with Gasteiger partial charge in [0, 0.05) is 28.5 Å². The molecule has 3 heterocycles. The molecule has 3 aromatic heterocycles. The second-order valence-corrected chi connectivity index (χ2v) is 7.27. The molecular weight excluding hydrogens is 396 g/mol. The van der Waals surface area contributed by atoms with Gasteiger partial charge in [0.05, 0.1) is 16.8 Å². The highest BCUT2D eigenvalue weighted by Crippen LogP contribution is 2.42. The van der Waals surface area contributed by atoms with Crippen molar-refractivity contribution < 1.29 is 5.11 Å². The Morgan fingerprint density at radius 3 is 2.89 bits per heavy atom. The molecular formula is C19H13ClN6OS. The smallest absolute Gasteiger partial charge is 0.198 e. The summed E-state index contributed by atoms with van der Waals surface area (Å²) in [4.78, 5) is 21.0. The number of halogens is 1. The van der Waals surface area contributed by atoms with Gasteiger partial charge in [0.15, 0.2) is 17.3 Å². The van der Waals surface area contributed by atoms with Crippen molar-refractivity contribution in [3.8, 4) is 10.6 Å². The molecule has 0 fully saturated rings. The molecule has 4 aromatic rings. The zero-order chi connectivity index (χ0) is 19.7. The molecule has 0 atom stereocenters. The average Bonchev–Trinajstić information content (AvgIpc) is 3.12. The zero-order valence-electron chi connectivity index (χ0n) is 14.6. The lowest BCUT2D eigenvalue weighted by atomic mass is 10.2. The molecule has 138 valence electrons. The van der Waals surface area contributed by atoms with Crippen LogP contribution in [0.25, 0.3) is 25.6 Å². The van der Waals surface area contributed by atoms with Gasteiger partial charge in [-0.15, -0.1) is 11.3 Å². The molecule has 0 saturated heterocycles. The van der Waals surface area contributed by atoms with Crippen molar-refractivity contribution in [3.05, 3.63) is 64.5 Å². The maximum atomic E-state index is 9.32. The number of aryl methyl sites for hydroxylation is 1. The van der Waals surface area contributed by atoms with Gasteiger partial charge in [0.1, 0.15) is 17.4 Å². The molecule has 28 heavy (non-hydrogen) atoms. The Morgan fingerprint density at radius 2 is 2.11 bits per heavy atom. The van der Waals surface area contributed by atoms with Gasteiger partial charge in [-0.25, -0.2) is 24.8 Å². The Bertz CT molecular complexity index is 1230. The summed E-state index contributed by atoms with van der Waals surface area (Å²) in [7, 11) is 0. The molecule has 7 nitrogen and oxygen atoms in total. The summed E-state index contributed by atoms with van der Waals surface area (Å²) in [5.41, 5.74) is 2.54. The predicted octanol–water partition coefficient (Wildman–Crippen LogP) is 4.90. The number of hydrogen-bond acceptors (Lipinski definition) is 7. The van der Waals surface area contributed by atoms with Gasteiger partial charge in [-0.1, -0.05) is 23.7 Å². The van der Waals surface area contributed by atoms with Crippen molar-refractivity contribution >= 4 is 50.5 Å². The molecule has 4 rings (SSSR count). The Labute approximate surface area is 169 Å². The van der Waals surface area contributed by atoms with Crippen molar-refractivity contribution in [2.24, 2.45) is 0 Å². The van der Waals surface area contributed by atoms with Crippen LogP contribution in [0.5, 0.6) is 0 Å². The number of pyridine rings is 1. The number of thiazole rings is 1. The maximum absolute atomic E-state index is 9.32. The van der Waals surface area contributed by atoms with Gasteiger partial charge in [-0.2, -0.15) is 0 Å². The molecule has 0 spiro atoms. The summed E-state index contributed by atoms with van der Waals surface area (Å²) < 4.78 is 0.815. The van der Waals surface area contributed by atoms with Gasteiger partial charge in [0.25, 0.3) is 0 Å². The van der Waals surface area contributed by atoms with Crippen LogP contribution >= 0.6 is 22.9 Å². The van der Waals surface area contributed by atoms with Gasteiger partial charge >= 0.3 is 0 Å². The summed E-state index contributed by atoms with van der Waals surface area (Å²) in [6.45, 7) is 8.98. The van der Waals surface area contributed by atoms with E-state index >= 15 is 0 Å². The first-order valence-corrected chi connectivity index (χ1v) is 9.43. The molecule has 9 heteroatoms. The molecule has 2 N–H and O–H groups in total. The third kappa shape index (κ3) is 3.39. The standard InChI is InChI=1S/C19H13ClN6OS/c1-10-8-14(25-15(9-27)23-10)26-18-17-13(6-7-22-18)24-19(28-17)16-11(20)4-3-5-12(16)21-2/h3-8,27H,9H2,1H3,(H,22,23,25,26). The van der Waals surface area contributed by atoms with E-state index in [4.69, 9.17) is 18.2 Å². The van der Waals surface area contributed by atoms with Crippen LogP contribution in [-0.2, 0) is 6.61 Å². The summed E-state index contributed by atoms with van der Waals surface area (Å²) in [5.74, 6) is 1.45.